The first kappa shape index (κ1) is 21.4. The second kappa shape index (κ2) is 8.70. The molecule has 1 amide bonds. The van der Waals surface area contributed by atoms with Gasteiger partial charge in [0.2, 0.25) is 10.0 Å². The van der Waals surface area contributed by atoms with Crippen molar-refractivity contribution in [1.82, 2.24) is 14.1 Å². The highest BCUT2D eigenvalue weighted by atomic mass is 35.5. The summed E-state index contributed by atoms with van der Waals surface area (Å²) in [5.41, 5.74) is 1.14. The van der Waals surface area contributed by atoms with Crippen molar-refractivity contribution < 1.29 is 18.3 Å². The van der Waals surface area contributed by atoms with Gasteiger partial charge in [0.05, 0.1) is 28.9 Å². The second-order valence-corrected chi connectivity index (χ2v) is 9.61. The van der Waals surface area contributed by atoms with E-state index in [0.717, 1.165) is 18.4 Å². The fourth-order valence-corrected chi connectivity index (χ4v) is 5.16. The molecule has 1 aromatic heterocycles. The van der Waals surface area contributed by atoms with Gasteiger partial charge in [-0.2, -0.15) is 9.40 Å². The first-order chi connectivity index (χ1) is 14.8. The van der Waals surface area contributed by atoms with Gasteiger partial charge in [-0.15, -0.1) is 0 Å². The van der Waals surface area contributed by atoms with Crippen LogP contribution in [0.25, 0.3) is 0 Å². The van der Waals surface area contributed by atoms with E-state index in [9.17, 15) is 18.3 Å². The Morgan fingerprint density at radius 2 is 1.90 bits per heavy atom. The van der Waals surface area contributed by atoms with Crippen LogP contribution in [0.5, 0.6) is 5.75 Å². The lowest BCUT2D eigenvalue weighted by atomic mass is 10.2. The molecular formula is C21H21ClN4O4S. The highest BCUT2D eigenvalue weighted by Crippen LogP contribution is 2.29. The summed E-state index contributed by atoms with van der Waals surface area (Å²) in [4.78, 5) is 12.7. The SMILES string of the molecule is O=C(Nc1cc(S(=O)(=O)N2CCCC2)ccc1O)c1cnn(Cc2ccccc2Cl)c1. The van der Waals surface area contributed by atoms with E-state index in [1.165, 1.54) is 28.7 Å². The van der Waals surface area contributed by atoms with Crippen molar-refractivity contribution in [3.05, 3.63) is 71.0 Å². The number of aromatic nitrogens is 2. The Hall–Kier alpha value is -2.88. The zero-order valence-corrected chi connectivity index (χ0v) is 18.1. The van der Waals surface area contributed by atoms with Crippen molar-refractivity contribution in [3.8, 4) is 5.75 Å². The summed E-state index contributed by atoms with van der Waals surface area (Å²) in [5.74, 6) is -0.742. The summed E-state index contributed by atoms with van der Waals surface area (Å²) in [6, 6.07) is 11.2. The number of amides is 1. The van der Waals surface area contributed by atoms with E-state index in [2.05, 4.69) is 10.4 Å². The summed E-state index contributed by atoms with van der Waals surface area (Å²) >= 11 is 6.17. The highest BCUT2D eigenvalue weighted by Gasteiger charge is 2.28. The average Bonchev–Trinajstić information content (AvgIpc) is 3.44. The van der Waals surface area contributed by atoms with Crippen molar-refractivity contribution in [1.29, 1.82) is 0 Å². The number of hydrogen-bond acceptors (Lipinski definition) is 5. The molecule has 0 aliphatic carbocycles. The zero-order chi connectivity index (χ0) is 22.0. The third-order valence-corrected chi connectivity index (χ3v) is 7.37. The molecule has 0 unspecified atom stereocenters. The van der Waals surface area contributed by atoms with Gasteiger partial charge in [-0.25, -0.2) is 8.42 Å². The molecule has 8 nitrogen and oxygen atoms in total. The number of hydrogen-bond donors (Lipinski definition) is 2. The summed E-state index contributed by atoms with van der Waals surface area (Å²) in [6.07, 6.45) is 4.59. The van der Waals surface area contributed by atoms with Gasteiger partial charge in [0.15, 0.2) is 0 Å². The molecule has 1 aliphatic heterocycles. The number of phenols is 1. The van der Waals surface area contributed by atoms with Crippen molar-refractivity contribution in [2.75, 3.05) is 18.4 Å². The van der Waals surface area contributed by atoms with Crippen LogP contribution < -0.4 is 5.32 Å². The van der Waals surface area contributed by atoms with E-state index in [1.807, 2.05) is 18.2 Å². The molecular weight excluding hydrogens is 440 g/mol. The van der Waals surface area contributed by atoms with E-state index in [0.29, 0.717) is 24.7 Å². The fourth-order valence-electron chi connectivity index (χ4n) is 3.42. The zero-order valence-electron chi connectivity index (χ0n) is 16.5. The molecule has 1 saturated heterocycles. The lowest BCUT2D eigenvalue weighted by Crippen LogP contribution is -2.27. The Balaban J connectivity index is 1.51. The Labute approximate surface area is 185 Å². The smallest absolute Gasteiger partial charge is 0.258 e. The lowest BCUT2D eigenvalue weighted by Gasteiger charge is -2.16. The molecule has 2 N–H and O–H groups in total. The quantitative estimate of drug-likeness (QED) is 0.549. The van der Waals surface area contributed by atoms with Crippen LogP contribution >= 0.6 is 11.6 Å². The lowest BCUT2D eigenvalue weighted by molar-refractivity contribution is 0.102. The van der Waals surface area contributed by atoms with Crippen LogP contribution in [0.1, 0.15) is 28.8 Å². The molecule has 10 heteroatoms. The number of phenolic OH excluding ortho intramolecular Hbond substituents is 1. The van der Waals surface area contributed by atoms with E-state index < -0.39 is 15.9 Å². The highest BCUT2D eigenvalue weighted by molar-refractivity contribution is 7.89. The maximum atomic E-state index is 12.8. The summed E-state index contributed by atoms with van der Waals surface area (Å²) in [6.45, 7) is 1.33. The van der Waals surface area contributed by atoms with Crippen LogP contribution in [0.3, 0.4) is 0 Å². The van der Waals surface area contributed by atoms with E-state index >= 15 is 0 Å². The third kappa shape index (κ3) is 4.58. The van der Waals surface area contributed by atoms with Crippen molar-refractivity contribution in [2.45, 2.75) is 24.3 Å². The third-order valence-electron chi connectivity index (χ3n) is 5.10. The number of anilines is 1. The molecule has 1 fully saturated rings. The van der Waals surface area contributed by atoms with E-state index in [4.69, 9.17) is 11.6 Å². The Morgan fingerprint density at radius 1 is 1.16 bits per heavy atom. The molecule has 0 bridgehead atoms. The molecule has 1 aliphatic rings. The molecule has 3 aromatic rings. The maximum absolute atomic E-state index is 12.8. The van der Waals surface area contributed by atoms with Gasteiger partial charge in [0, 0.05) is 24.3 Å². The normalized spacial score (nSPS) is 14.6. The van der Waals surface area contributed by atoms with E-state index in [1.54, 1.807) is 16.9 Å². The minimum Gasteiger partial charge on any atom is -0.506 e. The van der Waals surface area contributed by atoms with Gasteiger partial charge >= 0.3 is 0 Å². The monoisotopic (exact) mass is 460 g/mol. The number of carbonyl (C=O) groups excluding carboxylic acids is 1. The van der Waals surface area contributed by atoms with Crippen molar-refractivity contribution in [3.63, 3.8) is 0 Å². The fraction of sp³-hybridized carbons (Fsp3) is 0.238. The number of benzene rings is 2. The topological polar surface area (TPSA) is 105 Å². The van der Waals surface area contributed by atoms with Crippen molar-refractivity contribution >= 4 is 33.2 Å². The molecule has 0 saturated carbocycles. The van der Waals surface area contributed by atoms with Crippen molar-refractivity contribution in [2.24, 2.45) is 0 Å². The van der Waals surface area contributed by atoms with Crippen LogP contribution in [0.15, 0.2) is 59.8 Å². The molecule has 162 valence electrons. The molecule has 4 rings (SSSR count). The number of sulfonamides is 1. The van der Waals surface area contributed by atoms with Gasteiger partial charge in [-0.1, -0.05) is 29.8 Å². The van der Waals surface area contributed by atoms with Crippen LogP contribution in [-0.4, -0.2) is 46.6 Å². The van der Waals surface area contributed by atoms with E-state index in [-0.39, 0.29) is 21.9 Å². The summed E-state index contributed by atoms with van der Waals surface area (Å²) < 4.78 is 28.5. The first-order valence-corrected chi connectivity index (χ1v) is 11.6. The summed E-state index contributed by atoms with van der Waals surface area (Å²) in [5, 5.41) is 17.5. The minimum atomic E-state index is -3.67. The van der Waals surface area contributed by atoms with Gasteiger partial charge in [-0.3, -0.25) is 9.48 Å². The first-order valence-electron chi connectivity index (χ1n) is 9.75. The van der Waals surface area contributed by atoms with Gasteiger partial charge in [0.25, 0.3) is 5.91 Å². The number of rotatable bonds is 6. The van der Waals surface area contributed by atoms with Crippen LogP contribution in [0, 0.1) is 0 Å². The average molecular weight is 461 g/mol. The number of nitrogens with one attached hydrogen (secondary N) is 1. The second-order valence-electron chi connectivity index (χ2n) is 7.26. The summed E-state index contributed by atoms with van der Waals surface area (Å²) in [7, 11) is -3.67. The number of carbonyl (C=O) groups is 1. The number of aromatic hydroxyl groups is 1. The van der Waals surface area contributed by atoms with Gasteiger partial charge < -0.3 is 10.4 Å². The van der Waals surface area contributed by atoms with Crippen LogP contribution in [0.4, 0.5) is 5.69 Å². The molecule has 2 heterocycles. The predicted molar refractivity (Wildman–Crippen MR) is 117 cm³/mol. The Kier molecular flexibility index (Phi) is 5.99. The number of halogens is 1. The molecule has 2 aromatic carbocycles. The molecule has 0 radical (unpaired) electrons. The molecule has 0 spiro atoms. The van der Waals surface area contributed by atoms with Gasteiger partial charge in [0.1, 0.15) is 5.75 Å². The Morgan fingerprint density at radius 3 is 2.65 bits per heavy atom. The van der Waals surface area contributed by atoms with Crippen LogP contribution in [0.2, 0.25) is 5.02 Å². The van der Waals surface area contributed by atoms with Crippen LogP contribution in [-0.2, 0) is 16.6 Å². The predicted octanol–water partition coefficient (Wildman–Crippen LogP) is 3.33. The largest absolute Gasteiger partial charge is 0.506 e. The van der Waals surface area contributed by atoms with Gasteiger partial charge in [-0.05, 0) is 42.7 Å². The minimum absolute atomic E-state index is 0.0177. The standard InChI is InChI=1S/C21H21ClN4O4S/c22-18-6-2-1-5-15(18)13-25-14-16(12-23-25)21(28)24-19-11-17(7-8-20(19)27)31(29,30)26-9-3-4-10-26/h1-2,5-8,11-12,14,27H,3-4,9-10,13H2,(H,24,28). The molecule has 31 heavy (non-hydrogen) atoms. The Bertz CT molecular complexity index is 1220. The maximum Gasteiger partial charge on any atom is 0.258 e. The molecule has 0 atom stereocenters. The number of nitrogens with zero attached hydrogens (tertiary/aromatic N) is 3.